The third kappa shape index (κ3) is 8.83. The van der Waals surface area contributed by atoms with Gasteiger partial charge in [-0.3, -0.25) is 0 Å². The van der Waals surface area contributed by atoms with E-state index in [0.717, 1.165) is 54.6 Å². The van der Waals surface area contributed by atoms with Crippen LogP contribution in [-0.4, -0.2) is 27.3 Å². The van der Waals surface area contributed by atoms with Gasteiger partial charge in [0.1, 0.15) is 6.54 Å². The Morgan fingerprint density at radius 1 is 0.352 bits per heavy atom. The second-order valence-corrected chi connectivity index (χ2v) is 12.7. The van der Waals surface area contributed by atoms with E-state index in [1.807, 2.05) is 85.2 Å². The van der Waals surface area contributed by atoms with Gasteiger partial charge in [0.15, 0.2) is 54.7 Å². The highest BCUT2D eigenvalue weighted by molar-refractivity contribution is 5.73. The third-order valence-electron chi connectivity index (χ3n) is 8.83. The highest BCUT2D eigenvalue weighted by Gasteiger charge is 2.34. The molecule has 0 spiro atoms. The molecule has 4 heterocycles. The van der Waals surface area contributed by atoms with E-state index < -0.39 is 25.4 Å². The average Bonchev–Trinajstić information content (AvgIpc) is 3.17. The normalized spacial score (nSPS) is 11.8. The first-order chi connectivity index (χ1) is 25.9. The fourth-order valence-electron chi connectivity index (χ4n) is 5.98. The van der Waals surface area contributed by atoms with Crippen LogP contribution in [0.1, 0.15) is 6.92 Å². The van der Waals surface area contributed by atoms with Crippen LogP contribution in [0.3, 0.4) is 0 Å². The van der Waals surface area contributed by atoms with Crippen LogP contribution in [0, 0.1) is 0 Å². The SMILES string of the molecule is CC[n+]1ccc(-c2ccc(-c3nc(-c4ccc(-c5cc[n+](CC(F)(F)F)cc5)cc4)nc(-c4ccc(-c5cc[n+](CC(F)(F)F)cc5)cc4)n3)cc2)cc1. The summed E-state index contributed by atoms with van der Waals surface area (Å²) in [5.74, 6) is 1.31. The Kier molecular flexibility index (Phi) is 10.0. The van der Waals surface area contributed by atoms with E-state index >= 15 is 0 Å². The van der Waals surface area contributed by atoms with Gasteiger partial charge in [0.05, 0.1) is 0 Å². The van der Waals surface area contributed by atoms with E-state index in [9.17, 15) is 26.3 Å². The fourth-order valence-corrected chi connectivity index (χ4v) is 5.98. The lowest BCUT2D eigenvalue weighted by Crippen LogP contribution is -2.40. The summed E-state index contributed by atoms with van der Waals surface area (Å²) in [6, 6.07) is 33.6. The summed E-state index contributed by atoms with van der Waals surface area (Å²) in [6.07, 6.45) is 1.06. The zero-order valence-corrected chi connectivity index (χ0v) is 28.9. The zero-order chi connectivity index (χ0) is 37.9. The summed E-state index contributed by atoms with van der Waals surface area (Å²) in [6.45, 7) is 0.831. The largest absolute Gasteiger partial charge is 0.448 e. The number of benzene rings is 3. The van der Waals surface area contributed by atoms with Gasteiger partial charge < -0.3 is 0 Å². The van der Waals surface area contributed by atoms with E-state index in [2.05, 4.69) is 23.6 Å². The molecule has 0 atom stereocenters. The van der Waals surface area contributed by atoms with Crippen molar-refractivity contribution in [2.24, 2.45) is 0 Å². The van der Waals surface area contributed by atoms with Crippen LogP contribution in [0.25, 0.3) is 67.5 Å². The molecular formula is C42H33F6N6+3. The lowest BCUT2D eigenvalue weighted by Gasteiger charge is -2.10. The lowest BCUT2D eigenvalue weighted by molar-refractivity contribution is -0.719. The number of pyridine rings is 3. The molecule has 0 aliphatic carbocycles. The molecule has 0 N–H and O–H groups in total. The fraction of sp³-hybridized carbons (Fsp3) is 0.143. The molecule has 7 rings (SSSR count). The number of rotatable bonds is 9. The second-order valence-electron chi connectivity index (χ2n) is 12.7. The maximum absolute atomic E-state index is 12.8. The van der Waals surface area contributed by atoms with Gasteiger partial charge in [-0.2, -0.15) is 35.5 Å². The lowest BCUT2D eigenvalue weighted by atomic mass is 10.0. The Morgan fingerprint density at radius 3 is 0.815 bits per heavy atom. The molecule has 7 aromatic rings. The first kappa shape index (κ1) is 36.1. The highest BCUT2D eigenvalue weighted by atomic mass is 19.4. The number of aromatic nitrogens is 6. The molecule has 12 heteroatoms. The van der Waals surface area contributed by atoms with Crippen molar-refractivity contribution in [3.8, 4) is 67.5 Å². The number of aryl methyl sites for hydroxylation is 1. The molecule has 4 aromatic heterocycles. The number of alkyl halides is 6. The van der Waals surface area contributed by atoms with Crippen molar-refractivity contribution in [1.82, 2.24) is 15.0 Å². The molecule has 3 aromatic carbocycles. The summed E-state index contributed by atoms with van der Waals surface area (Å²) in [7, 11) is 0. The van der Waals surface area contributed by atoms with Crippen molar-refractivity contribution in [3.05, 3.63) is 146 Å². The van der Waals surface area contributed by atoms with Crippen molar-refractivity contribution in [2.45, 2.75) is 38.9 Å². The van der Waals surface area contributed by atoms with Gasteiger partial charge in [-0.05, 0) is 40.3 Å². The minimum Gasteiger partial charge on any atom is -0.208 e. The van der Waals surface area contributed by atoms with Gasteiger partial charge in [0, 0.05) is 53.1 Å². The molecule has 270 valence electrons. The minimum atomic E-state index is -4.31. The summed E-state index contributed by atoms with van der Waals surface area (Å²) in [5, 5.41) is 0. The zero-order valence-electron chi connectivity index (χ0n) is 28.9. The quantitative estimate of drug-likeness (QED) is 0.110. The molecule has 0 saturated carbocycles. The van der Waals surface area contributed by atoms with Crippen LogP contribution < -0.4 is 13.7 Å². The number of nitrogens with zero attached hydrogens (tertiary/aromatic N) is 6. The van der Waals surface area contributed by atoms with Crippen molar-refractivity contribution in [1.29, 1.82) is 0 Å². The van der Waals surface area contributed by atoms with Crippen molar-refractivity contribution < 1.29 is 40.0 Å². The van der Waals surface area contributed by atoms with Crippen LogP contribution in [-0.2, 0) is 19.6 Å². The molecule has 54 heavy (non-hydrogen) atoms. The van der Waals surface area contributed by atoms with Crippen LogP contribution >= 0.6 is 0 Å². The van der Waals surface area contributed by atoms with Gasteiger partial charge in [0.25, 0.3) is 0 Å². The molecule has 0 amide bonds. The minimum absolute atomic E-state index is 0.426. The van der Waals surface area contributed by atoms with Crippen LogP contribution in [0.2, 0.25) is 0 Å². The number of halogens is 6. The average molecular weight is 736 g/mol. The Balaban J connectivity index is 1.21. The molecular weight excluding hydrogens is 702 g/mol. The Labute approximate surface area is 307 Å². The van der Waals surface area contributed by atoms with Crippen LogP contribution in [0.4, 0.5) is 26.3 Å². The number of hydrogen-bond donors (Lipinski definition) is 0. The van der Waals surface area contributed by atoms with Gasteiger partial charge >= 0.3 is 12.4 Å². The third-order valence-corrected chi connectivity index (χ3v) is 8.83. The molecule has 0 radical (unpaired) electrons. The standard InChI is InChI=1S/C42H33F6N6/c1-2-52-21-15-32(16-22-52)29-3-9-35(10-4-29)38-49-39(36-11-5-30(6-12-36)33-17-23-53(24-18-33)27-41(43,44)45)51-40(50-38)37-13-7-31(8-14-37)34-19-25-54(26-20-34)28-42(46,47)48/h3-26H,2,27-28H2,1H3/q+3. The summed E-state index contributed by atoms with van der Waals surface area (Å²) in [5.41, 5.74) is 7.46. The Hall–Kier alpha value is -6.30. The Morgan fingerprint density at radius 2 is 0.574 bits per heavy atom. The van der Waals surface area contributed by atoms with E-state index in [0.29, 0.717) is 28.6 Å². The van der Waals surface area contributed by atoms with Crippen molar-refractivity contribution >= 4 is 0 Å². The molecule has 0 aliphatic rings. The number of hydrogen-bond acceptors (Lipinski definition) is 3. The monoisotopic (exact) mass is 735 g/mol. The molecule has 0 bridgehead atoms. The predicted molar refractivity (Wildman–Crippen MR) is 191 cm³/mol. The second kappa shape index (κ2) is 15.0. The van der Waals surface area contributed by atoms with E-state index in [-0.39, 0.29) is 0 Å². The molecule has 6 nitrogen and oxygen atoms in total. The van der Waals surface area contributed by atoms with Gasteiger partial charge in [-0.15, -0.1) is 0 Å². The maximum Gasteiger partial charge on any atom is 0.448 e. The van der Waals surface area contributed by atoms with E-state index in [4.69, 9.17) is 15.0 Å². The molecule has 0 fully saturated rings. The van der Waals surface area contributed by atoms with Gasteiger partial charge in [0.2, 0.25) is 13.1 Å². The van der Waals surface area contributed by atoms with E-state index in [1.165, 1.54) is 24.8 Å². The molecule has 0 unspecified atom stereocenters. The van der Waals surface area contributed by atoms with Crippen LogP contribution in [0.5, 0.6) is 0 Å². The molecule has 0 aliphatic heterocycles. The first-order valence-corrected chi connectivity index (χ1v) is 17.1. The smallest absolute Gasteiger partial charge is 0.208 e. The van der Waals surface area contributed by atoms with Crippen molar-refractivity contribution in [2.75, 3.05) is 0 Å². The van der Waals surface area contributed by atoms with Gasteiger partial charge in [-0.25, -0.2) is 19.5 Å². The molecule has 0 saturated heterocycles. The predicted octanol–water partition coefficient (Wildman–Crippen LogP) is 8.88. The first-order valence-electron chi connectivity index (χ1n) is 17.1. The highest BCUT2D eigenvalue weighted by Crippen LogP contribution is 2.30. The summed E-state index contributed by atoms with van der Waals surface area (Å²) >= 11 is 0. The van der Waals surface area contributed by atoms with Crippen LogP contribution in [0.15, 0.2) is 146 Å². The Bertz CT molecular complexity index is 2220. The topological polar surface area (TPSA) is 50.3 Å². The summed E-state index contributed by atoms with van der Waals surface area (Å²) in [4.78, 5) is 14.5. The van der Waals surface area contributed by atoms with Gasteiger partial charge in [-0.1, -0.05) is 72.8 Å². The maximum atomic E-state index is 12.8. The van der Waals surface area contributed by atoms with Crippen molar-refractivity contribution in [3.63, 3.8) is 0 Å². The van der Waals surface area contributed by atoms with E-state index in [1.54, 1.807) is 24.3 Å². The summed E-state index contributed by atoms with van der Waals surface area (Å²) < 4.78 is 81.2.